The Hall–Kier alpha value is -2.64. The van der Waals surface area contributed by atoms with Crippen molar-refractivity contribution in [1.82, 2.24) is 4.98 Å². The standard InChI is InChI=1S/C18H16ClN3O3S/c1-9-7-10(2)21-17-14(9)15(20)16(26-17)18(24)25-8-13(23)22-12-5-3-11(19)4-6-12/h3-7H,8,20H2,1-2H3,(H,22,23). The van der Waals surface area contributed by atoms with Crippen LogP contribution in [-0.4, -0.2) is 23.5 Å². The van der Waals surface area contributed by atoms with Crippen molar-refractivity contribution in [2.45, 2.75) is 13.8 Å². The maximum atomic E-state index is 12.3. The molecule has 0 saturated heterocycles. The first kappa shape index (κ1) is 18.2. The molecule has 1 aromatic carbocycles. The fourth-order valence-electron chi connectivity index (χ4n) is 2.55. The van der Waals surface area contributed by atoms with E-state index < -0.39 is 18.5 Å². The Bertz CT molecular complexity index is 999. The number of esters is 1. The maximum absolute atomic E-state index is 12.3. The second kappa shape index (κ2) is 7.31. The van der Waals surface area contributed by atoms with Gasteiger partial charge in [-0.3, -0.25) is 4.79 Å². The summed E-state index contributed by atoms with van der Waals surface area (Å²) in [4.78, 5) is 29.6. The Morgan fingerprint density at radius 2 is 1.96 bits per heavy atom. The smallest absolute Gasteiger partial charge is 0.351 e. The van der Waals surface area contributed by atoms with Crippen molar-refractivity contribution in [3.8, 4) is 0 Å². The van der Waals surface area contributed by atoms with Crippen molar-refractivity contribution in [1.29, 1.82) is 0 Å². The summed E-state index contributed by atoms with van der Waals surface area (Å²) in [6.07, 6.45) is 0. The number of nitrogen functional groups attached to an aromatic ring is 1. The van der Waals surface area contributed by atoms with Gasteiger partial charge in [0.1, 0.15) is 9.71 Å². The van der Waals surface area contributed by atoms with Gasteiger partial charge >= 0.3 is 5.97 Å². The molecule has 3 aromatic rings. The quantitative estimate of drug-likeness (QED) is 0.659. The lowest BCUT2D eigenvalue weighted by Gasteiger charge is -2.06. The van der Waals surface area contributed by atoms with Crippen molar-refractivity contribution in [2.24, 2.45) is 0 Å². The van der Waals surface area contributed by atoms with Gasteiger partial charge in [0.25, 0.3) is 5.91 Å². The Morgan fingerprint density at radius 3 is 2.65 bits per heavy atom. The van der Waals surface area contributed by atoms with Gasteiger partial charge in [-0.15, -0.1) is 11.3 Å². The van der Waals surface area contributed by atoms with Gasteiger partial charge in [0.15, 0.2) is 6.61 Å². The number of nitrogens with two attached hydrogens (primary N) is 1. The number of carbonyl (C=O) groups is 2. The van der Waals surface area contributed by atoms with E-state index in [1.807, 2.05) is 19.9 Å². The van der Waals surface area contributed by atoms with E-state index in [9.17, 15) is 9.59 Å². The molecule has 8 heteroatoms. The summed E-state index contributed by atoms with van der Waals surface area (Å²) in [7, 11) is 0. The van der Waals surface area contributed by atoms with Gasteiger partial charge in [0.05, 0.1) is 5.69 Å². The van der Waals surface area contributed by atoms with Crippen molar-refractivity contribution >= 4 is 56.4 Å². The number of benzene rings is 1. The van der Waals surface area contributed by atoms with Gasteiger partial charge in [0, 0.05) is 21.8 Å². The molecule has 6 nitrogen and oxygen atoms in total. The number of hydrogen-bond acceptors (Lipinski definition) is 6. The largest absolute Gasteiger partial charge is 0.451 e. The first-order chi connectivity index (χ1) is 12.3. The summed E-state index contributed by atoms with van der Waals surface area (Å²) < 4.78 is 5.09. The molecule has 2 aromatic heterocycles. The highest BCUT2D eigenvalue weighted by Crippen LogP contribution is 2.35. The Labute approximate surface area is 158 Å². The third kappa shape index (κ3) is 3.79. The number of rotatable bonds is 4. The zero-order chi connectivity index (χ0) is 18.8. The summed E-state index contributed by atoms with van der Waals surface area (Å²) in [6, 6.07) is 8.52. The molecule has 3 rings (SSSR count). The molecule has 1 amide bonds. The minimum absolute atomic E-state index is 0.250. The summed E-state index contributed by atoms with van der Waals surface area (Å²) in [5.74, 6) is -1.10. The first-order valence-electron chi connectivity index (χ1n) is 7.74. The highest BCUT2D eigenvalue weighted by molar-refractivity contribution is 7.21. The number of carbonyl (C=O) groups excluding carboxylic acids is 2. The van der Waals surface area contributed by atoms with Crippen LogP contribution in [0.1, 0.15) is 20.9 Å². The van der Waals surface area contributed by atoms with Crippen LogP contribution >= 0.6 is 22.9 Å². The number of halogens is 1. The van der Waals surface area contributed by atoms with E-state index in [0.717, 1.165) is 28.0 Å². The zero-order valence-corrected chi connectivity index (χ0v) is 15.7. The third-order valence-corrected chi connectivity index (χ3v) is 5.00. The second-order valence-electron chi connectivity index (χ2n) is 5.74. The summed E-state index contributed by atoms with van der Waals surface area (Å²) in [5, 5.41) is 3.93. The predicted molar refractivity (Wildman–Crippen MR) is 104 cm³/mol. The molecule has 0 saturated carbocycles. The third-order valence-electron chi connectivity index (χ3n) is 3.67. The number of fused-ring (bicyclic) bond motifs is 1. The molecule has 2 heterocycles. The number of aromatic nitrogens is 1. The van der Waals surface area contributed by atoms with Gasteiger partial charge in [-0.05, 0) is 49.7 Å². The number of thiophene rings is 1. The van der Waals surface area contributed by atoms with Crippen LogP contribution in [0.25, 0.3) is 10.2 Å². The van der Waals surface area contributed by atoms with Gasteiger partial charge in [-0.1, -0.05) is 11.6 Å². The zero-order valence-electron chi connectivity index (χ0n) is 14.1. The van der Waals surface area contributed by atoms with Crippen molar-refractivity contribution < 1.29 is 14.3 Å². The highest BCUT2D eigenvalue weighted by atomic mass is 35.5. The maximum Gasteiger partial charge on any atom is 0.351 e. The van der Waals surface area contributed by atoms with Crippen molar-refractivity contribution in [3.63, 3.8) is 0 Å². The molecular formula is C18H16ClN3O3S. The summed E-state index contributed by atoms with van der Waals surface area (Å²) >= 11 is 6.95. The van der Waals surface area contributed by atoms with E-state index >= 15 is 0 Å². The number of nitrogens with zero attached hydrogens (tertiary/aromatic N) is 1. The lowest BCUT2D eigenvalue weighted by Crippen LogP contribution is -2.20. The SMILES string of the molecule is Cc1cc(C)c2c(N)c(C(=O)OCC(=O)Nc3ccc(Cl)cc3)sc2n1. The predicted octanol–water partition coefficient (Wildman–Crippen LogP) is 3.94. The van der Waals surface area contributed by atoms with Gasteiger partial charge in [0.2, 0.25) is 0 Å². The van der Waals surface area contributed by atoms with Crippen LogP contribution in [0, 0.1) is 13.8 Å². The van der Waals surface area contributed by atoms with Crippen LogP contribution in [0.2, 0.25) is 5.02 Å². The average molecular weight is 390 g/mol. The van der Waals surface area contributed by atoms with Crippen LogP contribution in [-0.2, 0) is 9.53 Å². The summed E-state index contributed by atoms with van der Waals surface area (Å²) in [5.41, 5.74) is 8.78. The lowest BCUT2D eigenvalue weighted by molar-refractivity contribution is -0.119. The van der Waals surface area contributed by atoms with Crippen molar-refractivity contribution in [3.05, 3.63) is 51.5 Å². The van der Waals surface area contributed by atoms with Crippen LogP contribution in [0.5, 0.6) is 0 Å². The molecule has 0 radical (unpaired) electrons. The van der Waals surface area contributed by atoms with E-state index in [1.165, 1.54) is 0 Å². The van der Waals surface area contributed by atoms with Crippen LogP contribution in [0.4, 0.5) is 11.4 Å². The summed E-state index contributed by atoms with van der Waals surface area (Å²) in [6.45, 7) is 3.37. The number of amides is 1. The van der Waals surface area contributed by atoms with Gasteiger partial charge in [-0.2, -0.15) is 0 Å². The Morgan fingerprint density at radius 1 is 1.27 bits per heavy atom. The molecule has 0 aliphatic heterocycles. The van der Waals surface area contributed by atoms with E-state index in [2.05, 4.69) is 10.3 Å². The Balaban J connectivity index is 1.69. The van der Waals surface area contributed by atoms with E-state index in [0.29, 0.717) is 21.2 Å². The molecule has 3 N–H and O–H groups in total. The monoisotopic (exact) mass is 389 g/mol. The van der Waals surface area contributed by atoms with E-state index in [4.69, 9.17) is 22.1 Å². The molecule has 134 valence electrons. The normalized spacial score (nSPS) is 10.7. The van der Waals surface area contributed by atoms with E-state index in [-0.39, 0.29) is 4.88 Å². The lowest BCUT2D eigenvalue weighted by atomic mass is 10.1. The fourth-order valence-corrected chi connectivity index (χ4v) is 3.78. The minimum Gasteiger partial charge on any atom is -0.451 e. The molecule has 0 aliphatic rings. The number of aryl methyl sites for hydroxylation is 2. The molecular weight excluding hydrogens is 374 g/mol. The van der Waals surface area contributed by atoms with Crippen LogP contribution in [0.3, 0.4) is 0 Å². The average Bonchev–Trinajstić information content (AvgIpc) is 2.91. The molecule has 0 spiro atoms. The Kier molecular flexibility index (Phi) is 5.11. The van der Waals surface area contributed by atoms with Gasteiger partial charge in [-0.25, -0.2) is 9.78 Å². The molecule has 0 bridgehead atoms. The number of pyridine rings is 1. The molecule has 0 atom stereocenters. The molecule has 0 fully saturated rings. The topological polar surface area (TPSA) is 94.3 Å². The second-order valence-corrected chi connectivity index (χ2v) is 7.17. The van der Waals surface area contributed by atoms with E-state index in [1.54, 1.807) is 24.3 Å². The fraction of sp³-hybridized carbons (Fsp3) is 0.167. The number of hydrogen-bond donors (Lipinski definition) is 2. The van der Waals surface area contributed by atoms with Crippen LogP contribution < -0.4 is 11.1 Å². The number of nitrogens with one attached hydrogen (secondary N) is 1. The number of ether oxygens (including phenoxy) is 1. The minimum atomic E-state index is -0.645. The van der Waals surface area contributed by atoms with Crippen molar-refractivity contribution in [2.75, 3.05) is 17.7 Å². The van der Waals surface area contributed by atoms with Gasteiger partial charge < -0.3 is 15.8 Å². The van der Waals surface area contributed by atoms with Crippen LogP contribution in [0.15, 0.2) is 30.3 Å². The molecule has 0 unspecified atom stereocenters. The highest BCUT2D eigenvalue weighted by Gasteiger charge is 2.21. The molecule has 26 heavy (non-hydrogen) atoms. The molecule has 0 aliphatic carbocycles. The number of anilines is 2. The first-order valence-corrected chi connectivity index (χ1v) is 8.93.